The molecule has 0 unspecified atom stereocenters. The van der Waals surface area contributed by atoms with Crippen LogP contribution in [0.15, 0.2) is 89.8 Å². The lowest BCUT2D eigenvalue weighted by atomic mass is 9.70. The molecule has 0 bridgehead atoms. The van der Waals surface area contributed by atoms with Crippen LogP contribution in [0, 0.1) is 12.8 Å². The van der Waals surface area contributed by atoms with Crippen molar-refractivity contribution in [3.05, 3.63) is 102 Å². The Hall–Kier alpha value is -2.53. The summed E-state index contributed by atoms with van der Waals surface area (Å²) in [5.41, 5.74) is 1.36. The van der Waals surface area contributed by atoms with Gasteiger partial charge in [0.15, 0.2) is 0 Å². The largest absolute Gasteiger partial charge is 0.443 e. The van der Waals surface area contributed by atoms with Crippen LogP contribution < -0.4 is 0 Å². The normalized spacial score (nSPS) is 27.6. The minimum Gasteiger partial charge on any atom is -0.358 e. The number of aryl methyl sites for hydroxylation is 1. The quantitative estimate of drug-likeness (QED) is 0.266. The van der Waals surface area contributed by atoms with Crippen molar-refractivity contribution in [2.45, 2.75) is 53.3 Å². The zero-order valence-corrected chi connectivity index (χ0v) is 20.3. The summed E-state index contributed by atoms with van der Waals surface area (Å²) >= 11 is 0.979. The Bertz CT molecular complexity index is 1190. The number of aliphatic hydroxyl groups is 2. The van der Waals surface area contributed by atoms with Crippen molar-refractivity contribution >= 4 is 11.8 Å². The molecular weight excluding hydrogens is 518 g/mol. The van der Waals surface area contributed by atoms with Crippen molar-refractivity contribution in [3.63, 3.8) is 0 Å². The first-order valence-electron chi connectivity index (χ1n) is 11.4. The molecule has 4 rings (SSSR count). The minimum absolute atomic E-state index is 0.103. The van der Waals surface area contributed by atoms with E-state index < -0.39 is 47.4 Å². The van der Waals surface area contributed by atoms with E-state index >= 15 is 0 Å². The molecule has 0 spiro atoms. The predicted octanol–water partition coefficient (Wildman–Crippen LogP) is 7.15. The Morgan fingerprint density at radius 1 is 0.811 bits per heavy atom. The maximum Gasteiger partial charge on any atom is 0.443 e. The molecule has 1 aliphatic heterocycles. The van der Waals surface area contributed by atoms with E-state index in [-0.39, 0.29) is 5.56 Å². The fourth-order valence-corrected chi connectivity index (χ4v) is 6.08. The van der Waals surface area contributed by atoms with Gasteiger partial charge in [0.1, 0.15) is 0 Å². The van der Waals surface area contributed by atoms with Gasteiger partial charge in [0.05, 0.1) is 0 Å². The Morgan fingerprint density at radius 3 is 1.86 bits per heavy atom. The van der Waals surface area contributed by atoms with Gasteiger partial charge in [0.2, 0.25) is 0 Å². The van der Waals surface area contributed by atoms with E-state index in [1.165, 1.54) is 24.3 Å². The molecule has 3 nitrogen and oxygen atoms in total. The summed E-state index contributed by atoms with van der Waals surface area (Å²) in [6, 6.07) is 22.1. The van der Waals surface area contributed by atoms with Gasteiger partial charge in [-0.3, -0.25) is 0 Å². The summed E-state index contributed by atoms with van der Waals surface area (Å²) < 4.78 is 89.9. The molecule has 1 saturated heterocycles. The fraction of sp³-hybridized carbons (Fsp3) is 0.333. The van der Waals surface area contributed by atoms with E-state index in [4.69, 9.17) is 0 Å². The van der Waals surface area contributed by atoms with E-state index in [0.29, 0.717) is 10.5 Å². The molecule has 1 fully saturated rings. The van der Waals surface area contributed by atoms with Crippen molar-refractivity contribution < 1.29 is 41.3 Å². The molecule has 0 saturated carbocycles. The van der Waals surface area contributed by atoms with Gasteiger partial charge in [-0.25, -0.2) is 0 Å². The van der Waals surface area contributed by atoms with Gasteiger partial charge in [-0.1, -0.05) is 78.4 Å². The average Bonchev–Trinajstić information content (AvgIpc) is 2.83. The lowest BCUT2D eigenvalue weighted by molar-refractivity contribution is -0.501. The molecule has 10 heteroatoms. The van der Waals surface area contributed by atoms with Crippen molar-refractivity contribution in [2.24, 2.45) is 5.92 Å². The number of hydrogen-bond donors (Lipinski definition) is 2. The third-order valence-electron chi connectivity index (χ3n) is 6.52. The number of halogens is 6. The van der Waals surface area contributed by atoms with Gasteiger partial charge < -0.3 is 14.9 Å². The molecule has 198 valence electrons. The highest BCUT2D eigenvalue weighted by molar-refractivity contribution is 7.99. The first-order chi connectivity index (χ1) is 17.3. The maximum absolute atomic E-state index is 14.6. The lowest BCUT2D eigenvalue weighted by Crippen LogP contribution is -2.68. The predicted molar refractivity (Wildman–Crippen MR) is 127 cm³/mol. The third-order valence-corrected chi connectivity index (χ3v) is 7.89. The molecule has 0 aliphatic carbocycles. The number of rotatable bonds is 5. The van der Waals surface area contributed by atoms with Gasteiger partial charge >= 0.3 is 12.4 Å². The van der Waals surface area contributed by atoms with Crippen LogP contribution in [0.4, 0.5) is 26.3 Å². The van der Waals surface area contributed by atoms with Crippen LogP contribution in [0.3, 0.4) is 0 Å². The Kier molecular flexibility index (Phi) is 7.42. The third kappa shape index (κ3) is 5.38. The first kappa shape index (κ1) is 27.5. The fourth-order valence-electron chi connectivity index (χ4n) is 4.68. The highest BCUT2D eigenvalue weighted by Crippen LogP contribution is 2.62. The Morgan fingerprint density at radius 2 is 1.35 bits per heavy atom. The number of alkyl halides is 6. The Balaban J connectivity index is 1.96. The molecule has 1 aliphatic rings. The second-order valence-electron chi connectivity index (χ2n) is 9.09. The van der Waals surface area contributed by atoms with Crippen LogP contribution in [0.2, 0.25) is 0 Å². The van der Waals surface area contributed by atoms with Crippen LogP contribution in [0.1, 0.15) is 34.3 Å². The summed E-state index contributed by atoms with van der Waals surface area (Å²) in [5, 5.41) is 20.3. The van der Waals surface area contributed by atoms with Gasteiger partial charge in [0.25, 0.3) is 11.6 Å². The van der Waals surface area contributed by atoms with Crippen LogP contribution in [0.25, 0.3) is 0 Å². The summed E-state index contributed by atoms with van der Waals surface area (Å²) in [6.07, 6.45) is -12.5. The van der Waals surface area contributed by atoms with Crippen LogP contribution in [0.5, 0.6) is 0 Å². The average molecular weight is 543 g/mol. The molecule has 0 amide bonds. The monoisotopic (exact) mass is 542 g/mol. The van der Waals surface area contributed by atoms with Crippen molar-refractivity contribution in [1.29, 1.82) is 0 Å². The van der Waals surface area contributed by atoms with E-state index in [1.807, 2.05) is 6.92 Å². The molecule has 3 aromatic rings. The van der Waals surface area contributed by atoms with E-state index in [1.54, 1.807) is 60.7 Å². The number of ether oxygens (including phenoxy) is 1. The second-order valence-corrected chi connectivity index (χ2v) is 10.3. The number of benzene rings is 3. The number of hydrogen-bond acceptors (Lipinski definition) is 4. The molecule has 0 radical (unpaired) electrons. The van der Waals surface area contributed by atoms with Gasteiger partial charge in [-0.2, -0.15) is 26.3 Å². The van der Waals surface area contributed by atoms with Crippen LogP contribution >= 0.6 is 11.8 Å². The molecule has 2 N–H and O–H groups in total. The van der Waals surface area contributed by atoms with Crippen molar-refractivity contribution in [3.8, 4) is 0 Å². The van der Waals surface area contributed by atoms with Crippen molar-refractivity contribution in [2.75, 3.05) is 0 Å². The van der Waals surface area contributed by atoms with Crippen LogP contribution in [-0.4, -0.2) is 34.1 Å². The molecular formula is C27H24F6O3S. The standard InChI is InChI=1S/C27H24F6O3S/c1-17-12-14-20(15-13-17)37-23(19-10-6-3-7-11-19)22-21(18-8-4-2-5-9-18)16-24(34,26(28,29)30)36-25(22,35)27(31,32)33/h2-15,21-23,34-35H,16H2,1H3/t21-,22+,23+,24+,25-/m0/s1. The SMILES string of the molecule is Cc1ccc(S[C@H](c2ccccc2)[C@H]2[C@H](c3ccccc3)C[C@](O)(C(F)(F)F)O[C@]2(O)C(F)(F)F)cc1. The second kappa shape index (κ2) is 9.98. The van der Waals surface area contributed by atoms with E-state index in [9.17, 15) is 36.6 Å². The molecule has 1 heterocycles. The minimum atomic E-state index is -5.68. The van der Waals surface area contributed by atoms with Crippen LogP contribution in [-0.2, 0) is 4.74 Å². The van der Waals surface area contributed by atoms with Gasteiger partial charge in [-0.05, 0) is 36.1 Å². The van der Waals surface area contributed by atoms with E-state index in [2.05, 4.69) is 4.74 Å². The molecule has 3 aromatic carbocycles. The summed E-state index contributed by atoms with van der Waals surface area (Å²) in [7, 11) is 0. The van der Waals surface area contributed by atoms with Gasteiger partial charge in [0, 0.05) is 22.5 Å². The smallest absolute Gasteiger partial charge is 0.358 e. The molecule has 5 atom stereocenters. The molecule has 37 heavy (non-hydrogen) atoms. The zero-order chi connectivity index (χ0) is 27.1. The van der Waals surface area contributed by atoms with Gasteiger partial charge in [-0.15, -0.1) is 11.8 Å². The highest BCUT2D eigenvalue weighted by Gasteiger charge is 2.74. The van der Waals surface area contributed by atoms with E-state index in [0.717, 1.165) is 17.3 Å². The summed E-state index contributed by atoms with van der Waals surface area (Å²) in [5.74, 6) is -12.1. The highest BCUT2D eigenvalue weighted by atomic mass is 32.2. The maximum atomic E-state index is 14.6. The summed E-state index contributed by atoms with van der Waals surface area (Å²) in [6.45, 7) is 1.84. The molecule has 0 aromatic heterocycles. The lowest BCUT2D eigenvalue weighted by Gasteiger charge is -2.53. The topological polar surface area (TPSA) is 49.7 Å². The number of thioether (sulfide) groups is 1. The first-order valence-corrected chi connectivity index (χ1v) is 12.2. The summed E-state index contributed by atoms with van der Waals surface area (Å²) in [4.78, 5) is 0.549. The van der Waals surface area contributed by atoms with Crippen molar-refractivity contribution in [1.82, 2.24) is 0 Å². The Labute approximate surface area is 214 Å². The zero-order valence-electron chi connectivity index (χ0n) is 19.5.